The van der Waals surface area contributed by atoms with Crippen LogP contribution in [-0.4, -0.2) is 0 Å². The Balaban J connectivity index is 0.000000121. The fraction of sp³-hybridized carbons (Fsp3) is 0.451. The number of pyridine rings is 4. The third-order valence-electron chi connectivity index (χ3n) is 24.9. The van der Waals surface area contributed by atoms with Gasteiger partial charge < -0.3 is 0 Å². The molecule has 8 aliphatic carbocycles. The molecule has 0 radical (unpaired) electrons. The number of fused-ring (bicyclic) bond motifs is 6. The van der Waals surface area contributed by atoms with Crippen molar-refractivity contribution in [2.75, 3.05) is 0 Å². The first-order valence-electron chi connectivity index (χ1n) is 36.6. The van der Waals surface area contributed by atoms with E-state index in [4.69, 9.17) is 0 Å². The average molecular weight is 1260 g/mol. The van der Waals surface area contributed by atoms with Crippen LogP contribution in [0.3, 0.4) is 0 Å². The molecule has 4 spiro atoms. The number of aromatic nitrogens is 4. The molecule has 95 heavy (non-hydrogen) atoms. The van der Waals surface area contributed by atoms with Gasteiger partial charge in [-0.15, -0.1) is 0 Å². The lowest BCUT2D eigenvalue weighted by Gasteiger charge is -2.34. The number of hydrogen-bond donors (Lipinski definition) is 0. The average Bonchev–Trinajstić information content (AvgIpc) is 1.67. The molecule has 494 valence electrons. The molecule has 0 saturated heterocycles. The Kier molecular flexibility index (Phi) is 20.2. The molecule has 0 amide bonds. The summed E-state index contributed by atoms with van der Waals surface area (Å²) in [4.78, 5) is 0. The van der Waals surface area contributed by atoms with Gasteiger partial charge in [0.1, 0.15) is 28.2 Å². The van der Waals surface area contributed by atoms with Gasteiger partial charge in [0.25, 0.3) is 0 Å². The van der Waals surface area contributed by atoms with Crippen LogP contribution in [0.1, 0.15) is 216 Å². The zero-order valence-electron chi connectivity index (χ0n) is 58.0. The zero-order valence-corrected chi connectivity index (χ0v) is 58.0. The van der Waals surface area contributed by atoms with Gasteiger partial charge in [0.05, 0.1) is 0 Å². The van der Waals surface area contributed by atoms with Gasteiger partial charge >= 0.3 is 0 Å². The van der Waals surface area contributed by atoms with Gasteiger partial charge in [-0.3, -0.25) is 0 Å². The molecule has 4 heteroatoms. The molecule has 0 unspecified atom stereocenters. The van der Waals surface area contributed by atoms with Crippen molar-refractivity contribution in [3.05, 3.63) is 237 Å². The predicted molar refractivity (Wildman–Crippen MR) is 397 cm³/mol. The van der Waals surface area contributed by atoms with Crippen LogP contribution in [0.15, 0.2) is 170 Å². The second-order valence-electron chi connectivity index (χ2n) is 30.9. The quantitative estimate of drug-likeness (QED) is 0.153. The standard InChI is InChI=1S/C26H28N.3C21H26N.2CH4/c1-19-7-3-4-8-24(19)25-12-11-22(18-27(25)2)20-9-10-21-16-26(13-5-6-14-26)17-23(21)15-20;1-16-8-4-5-9-18(16)20-19-17(11-15-22(20)2)10-14-21(19)12-6-3-7-13-21;1-16-8-4-5-9-17(16)20-18-10-14-21(12-6-3-7-13-21)19(18)11-15-22(20)2;1-16-8-4-5-9-18(16)20-19-15-21(11-6-3-7-12-21)14-17(19)10-13-22(20)2;;/h3-4,7-12,15,18H,5-6,13-14,16-17H2,1-2H3;2*4-5,8-9,11,15H,3,6-7,10,12-14H2,1-2H3;4-5,8-10,13H,3,6-7,11-12,14-15H2,1-2H3;2*1H4/q4*+1;;. The highest BCUT2D eigenvalue weighted by Gasteiger charge is 2.46. The van der Waals surface area contributed by atoms with Crippen LogP contribution in [0.2, 0.25) is 0 Å². The minimum Gasteiger partial charge on any atom is -0.201 e. The highest BCUT2D eigenvalue weighted by Crippen LogP contribution is 2.54. The SMILES string of the molecule is C.C.Cc1ccccc1-c1c2c(cc[n+]1C)C1(CCCCC1)CC2.Cc1ccccc1-c1c2c(cc[n+]1C)CC1(CCCCC1)C2.Cc1ccccc1-c1c2c(cc[n+]1C)CCC21CCCCC1.Cc1ccccc1-c1ccc(-c2ccc3c(c2)CC2(CCCC2)C3)c[n+]1C. The highest BCUT2D eigenvalue weighted by atomic mass is 14.9. The van der Waals surface area contributed by atoms with Crippen molar-refractivity contribution in [2.45, 2.75) is 227 Å². The summed E-state index contributed by atoms with van der Waals surface area (Å²) in [5.41, 5.74) is 34.5. The summed E-state index contributed by atoms with van der Waals surface area (Å²) in [7, 11) is 8.78. The van der Waals surface area contributed by atoms with Gasteiger partial charge in [-0.1, -0.05) is 176 Å². The van der Waals surface area contributed by atoms with Gasteiger partial charge in [-0.25, -0.2) is 18.3 Å². The van der Waals surface area contributed by atoms with Gasteiger partial charge in [-0.2, -0.15) is 0 Å². The first-order chi connectivity index (χ1) is 45.2. The maximum Gasteiger partial charge on any atom is 0.216 e. The Morgan fingerprint density at radius 1 is 0.316 bits per heavy atom. The first kappa shape index (κ1) is 67.7. The zero-order chi connectivity index (χ0) is 63.9. The number of rotatable bonds is 5. The number of hydrogen-bond acceptors (Lipinski definition) is 0. The van der Waals surface area contributed by atoms with Crippen molar-refractivity contribution in [1.82, 2.24) is 0 Å². The third-order valence-corrected chi connectivity index (χ3v) is 24.9. The molecular formula is C91H114N4+4. The van der Waals surface area contributed by atoms with Crippen LogP contribution in [0.4, 0.5) is 0 Å². The molecule has 9 aromatic rings. The summed E-state index contributed by atoms with van der Waals surface area (Å²) >= 11 is 0. The van der Waals surface area contributed by atoms with Crippen molar-refractivity contribution in [1.29, 1.82) is 0 Å². The molecule has 4 nitrogen and oxygen atoms in total. The van der Waals surface area contributed by atoms with Crippen molar-refractivity contribution >= 4 is 0 Å². The Morgan fingerprint density at radius 2 is 0.747 bits per heavy atom. The van der Waals surface area contributed by atoms with Crippen LogP contribution in [0, 0.1) is 38.5 Å². The smallest absolute Gasteiger partial charge is 0.201 e. The Hall–Kier alpha value is -7.30. The van der Waals surface area contributed by atoms with Crippen LogP contribution in [0.25, 0.3) is 56.2 Å². The van der Waals surface area contributed by atoms with Crippen LogP contribution in [0.5, 0.6) is 0 Å². The lowest BCUT2D eigenvalue weighted by atomic mass is 9.69. The van der Waals surface area contributed by atoms with E-state index in [0.717, 1.165) is 0 Å². The molecule has 0 bridgehead atoms. The fourth-order valence-corrected chi connectivity index (χ4v) is 20.0. The first-order valence-corrected chi connectivity index (χ1v) is 36.6. The minimum absolute atomic E-state index is 0. The fourth-order valence-electron chi connectivity index (χ4n) is 20.0. The van der Waals surface area contributed by atoms with Gasteiger partial charge in [-0.05, 0) is 233 Å². The highest BCUT2D eigenvalue weighted by molar-refractivity contribution is 5.71. The van der Waals surface area contributed by atoms with E-state index in [0.29, 0.717) is 21.7 Å². The summed E-state index contributed by atoms with van der Waals surface area (Å²) in [6.45, 7) is 8.90. The molecule has 0 aliphatic heterocycles. The van der Waals surface area contributed by atoms with E-state index in [2.05, 4.69) is 245 Å². The molecule has 5 aromatic carbocycles. The second-order valence-corrected chi connectivity index (χ2v) is 30.9. The van der Waals surface area contributed by atoms with Crippen LogP contribution < -0.4 is 18.3 Å². The van der Waals surface area contributed by atoms with E-state index in [9.17, 15) is 0 Å². The Labute approximate surface area is 574 Å². The summed E-state index contributed by atoms with van der Waals surface area (Å²) in [5.74, 6) is 0. The summed E-state index contributed by atoms with van der Waals surface area (Å²) < 4.78 is 9.30. The molecule has 0 N–H and O–H groups in total. The summed E-state index contributed by atoms with van der Waals surface area (Å²) in [6, 6.07) is 54.1. The maximum atomic E-state index is 2.46. The van der Waals surface area contributed by atoms with Crippen molar-refractivity contribution in [3.8, 4) is 56.2 Å². The minimum atomic E-state index is 0. The molecule has 17 rings (SSSR count). The molecule has 4 aromatic heterocycles. The maximum absolute atomic E-state index is 2.46. The predicted octanol–water partition coefficient (Wildman–Crippen LogP) is 20.9. The van der Waals surface area contributed by atoms with E-state index < -0.39 is 0 Å². The molecule has 0 atom stereocenters. The molecule has 4 fully saturated rings. The van der Waals surface area contributed by atoms with Gasteiger partial charge in [0.2, 0.25) is 22.8 Å². The van der Waals surface area contributed by atoms with Crippen molar-refractivity contribution in [3.63, 3.8) is 0 Å². The Bertz CT molecular complexity index is 4200. The molecule has 4 saturated carbocycles. The summed E-state index contributed by atoms with van der Waals surface area (Å²) in [6.07, 6.45) is 46.5. The van der Waals surface area contributed by atoms with E-state index in [1.54, 1.807) is 44.5 Å². The van der Waals surface area contributed by atoms with E-state index in [1.807, 2.05) is 0 Å². The molecular weight excluding hydrogens is 1150 g/mol. The van der Waals surface area contributed by atoms with Crippen molar-refractivity contribution in [2.24, 2.45) is 39.0 Å². The number of aryl methyl sites for hydroxylation is 9. The third kappa shape index (κ3) is 13.2. The monoisotopic (exact) mass is 1260 g/mol. The van der Waals surface area contributed by atoms with Crippen LogP contribution >= 0.6 is 0 Å². The van der Waals surface area contributed by atoms with E-state index >= 15 is 0 Å². The molecule has 4 heterocycles. The van der Waals surface area contributed by atoms with Crippen molar-refractivity contribution < 1.29 is 18.3 Å². The normalized spacial score (nSPS) is 18.4. The number of nitrogens with zero attached hydrogens (tertiary/aromatic N) is 4. The lowest BCUT2D eigenvalue weighted by Crippen LogP contribution is -2.36. The number of benzene rings is 5. The molecule has 8 aliphatic rings. The summed E-state index contributed by atoms with van der Waals surface area (Å²) in [5, 5.41) is 0. The topological polar surface area (TPSA) is 15.5 Å². The van der Waals surface area contributed by atoms with E-state index in [-0.39, 0.29) is 14.9 Å². The Morgan fingerprint density at radius 3 is 1.32 bits per heavy atom. The second kappa shape index (κ2) is 28.4. The lowest BCUT2D eigenvalue weighted by molar-refractivity contribution is -0.661. The van der Waals surface area contributed by atoms with Crippen LogP contribution in [-0.2, 0) is 77.5 Å². The van der Waals surface area contributed by atoms with Gasteiger partial charge in [0.15, 0.2) is 24.8 Å². The van der Waals surface area contributed by atoms with E-state index in [1.165, 1.54) is 252 Å². The van der Waals surface area contributed by atoms with Gasteiger partial charge in [0, 0.05) is 74.2 Å². The largest absolute Gasteiger partial charge is 0.216 e.